The van der Waals surface area contributed by atoms with Gasteiger partial charge >= 0.3 is 12.4 Å². The fourth-order valence-electron chi connectivity index (χ4n) is 2.10. The summed E-state index contributed by atoms with van der Waals surface area (Å²) in [7, 11) is 8.12. The zero-order valence-electron chi connectivity index (χ0n) is 11.9. The minimum atomic E-state index is 0.793. The summed E-state index contributed by atoms with van der Waals surface area (Å²) in [6.07, 6.45) is 1.95. The molecule has 103 valence electrons. The molecule has 6 nitrogen and oxygen atoms in total. The Morgan fingerprint density at radius 1 is 1.28 bits per heavy atom. The van der Waals surface area contributed by atoms with Crippen LogP contribution in [-0.2, 0) is 4.79 Å². The van der Waals surface area contributed by atoms with Crippen molar-refractivity contribution >= 4 is 12.4 Å². The van der Waals surface area contributed by atoms with Crippen molar-refractivity contribution in [2.24, 2.45) is 0 Å². The zero-order chi connectivity index (χ0) is 13.5. The molecule has 0 spiro atoms. The van der Waals surface area contributed by atoms with Crippen LogP contribution in [0, 0.1) is 0 Å². The normalized spacial score (nSPS) is 16.3. The maximum atomic E-state index is 10.5. The van der Waals surface area contributed by atoms with Crippen LogP contribution in [0.5, 0.6) is 0 Å². The Balaban J connectivity index is 2.26. The van der Waals surface area contributed by atoms with Crippen LogP contribution in [0.15, 0.2) is 0 Å². The van der Waals surface area contributed by atoms with Crippen LogP contribution in [0.1, 0.15) is 0 Å². The lowest BCUT2D eigenvalue weighted by Crippen LogP contribution is -2.49. The van der Waals surface area contributed by atoms with Crippen LogP contribution >= 0.6 is 0 Å². The Morgan fingerprint density at radius 2 is 1.89 bits per heavy atom. The Labute approximate surface area is 110 Å². The number of amides is 1. The van der Waals surface area contributed by atoms with E-state index in [1.165, 1.54) is 0 Å². The van der Waals surface area contributed by atoms with Crippen molar-refractivity contribution in [3.05, 3.63) is 0 Å². The molecule has 0 saturated carbocycles. The number of piperazine rings is 1. The van der Waals surface area contributed by atoms with Crippen molar-refractivity contribution in [3.63, 3.8) is 0 Å². The van der Waals surface area contributed by atoms with Crippen molar-refractivity contribution in [3.8, 4) is 0 Å². The predicted octanol–water partition coefficient (Wildman–Crippen LogP) is -1.55. The molecule has 0 unspecified atom stereocenters. The van der Waals surface area contributed by atoms with Gasteiger partial charge in [-0.25, -0.2) is 0 Å². The number of guanidine groups is 1. The van der Waals surface area contributed by atoms with Gasteiger partial charge < -0.3 is 4.90 Å². The summed E-state index contributed by atoms with van der Waals surface area (Å²) >= 11 is 0. The van der Waals surface area contributed by atoms with E-state index in [4.69, 9.17) is 0 Å². The lowest BCUT2D eigenvalue weighted by molar-refractivity contribution is -0.472. The van der Waals surface area contributed by atoms with Crippen LogP contribution in [0.25, 0.3) is 0 Å². The first-order valence-corrected chi connectivity index (χ1v) is 6.35. The summed E-state index contributed by atoms with van der Waals surface area (Å²) in [6, 6.07) is 0. The zero-order valence-corrected chi connectivity index (χ0v) is 11.9. The number of nitrogens with zero attached hydrogens (tertiary/aromatic N) is 4. The van der Waals surface area contributed by atoms with E-state index in [9.17, 15) is 4.79 Å². The lowest BCUT2D eigenvalue weighted by atomic mass is 10.3. The molecule has 1 aliphatic heterocycles. The van der Waals surface area contributed by atoms with E-state index in [2.05, 4.69) is 19.7 Å². The van der Waals surface area contributed by atoms with E-state index in [1.54, 1.807) is 4.90 Å². The molecule has 0 bridgehead atoms. The standard InChI is InChI=1S/C12H24N5O/c1-14(2)12(15(3)4)13-5-6-16-7-9-17(11-18)10-8-16/h5-10H2,1-4H3/p+1. The molecule has 0 aromatic carbocycles. The maximum Gasteiger partial charge on any atom is 0.347 e. The lowest BCUT2D eigenvalue weighted by Gasteiger charge is -2.31. The second kappa shape index (κ2) is 7.20. The van der Waals surface area contributed by atoms with E-state index in [-0.39, 0.29) is 0 Å². The first-order chi connectivity index (χ1) is 8.54. The van der Waals surface area contributed by atoms with Crippen molar-refractivity contribution in [1.29, 1.82) is 0 Å². The van der Waals surface area contributed by atoms with Gasteiger partial charge in [-0.15, -0.1) is 0 Å². The molecular formula is C12H25N5O+. The Bertz CT molecular complexity index is 291. The highest BCUT2D eigenvalue weighted by molar-refractivity contribution is 5.74. The van der Waals surface area contributed by atoms with Crippen molar-refractivity contribution in [2.45, 2.75) is 0 Å². The molecule has 6 heteroatoms. The van der Waals surface area contributed by atoms with Crippen molar-refractivity contribution in [1.82, 2.24) is 20.0 Å². The molecule has 1 saturated heterocycles. The third-order valence-electron chi connectivity index (χ3n) is 3.06. The molecule has 1 aliphatic rings. The van der Waals surface area contributed by atoms with Gasteiger partial charge in [-0.1, -0.05) is 0 Å². The van der Waals surface area contributed by atoms with Gasteiger partial charge in [0.05, 0.1) is 34.7 Å². The van der Waals surface area contributed by atoms with Gasteiger partial charge in [0.25, 0.3) is 0 Å². The van der Waals surface area contributed by atoms with Gasteiger partial charge in [-0.2, -0.15) is 0 Å². The molecule has 1 N–H and O–H groups in total. The highest BCUT2D eigenvalue weighted by atomic mass is 16.1. The van der Waals surface area contributed by atoms with Crippen LogP contribution in [0.2, 0.25) is 0 Å². The largest absolute Gasteiger partial charge is 0.347 e. The number of nitrogens with one attached hydrogen (secondary N) is 1. The van der Waals surface area contributed by atoms with Gasteiger partial charge in [0.2, 0.25) is 0 Å². The minimum Gasteiger partial charge on any atom is -0.332 e. The monoisotopic (exact) mass is 255 g/mol. The van der Waals surface area contributed by atoms with E-state index >= 15 is 0 Å². The molecular weight excluding hydrogens is 230 g/mol. The third-order valence-corrected chi connectivity index (χ3v) is 3.06. The molecule has 18 heavy (non-hydrogen) atoms. The average molecular weight is 255 g/mol. The molecule has 1 heterocycles. The van der Waals surface area contributed by atoms with E-state index in [1.807, 2.05) is 34.6 Å². The molecule has 1 rings (SSSR count). The predicted molar refractivity (Wildman–Crippen MR) is 72.5 cm³/mol. The van der Waals surface area contributed by atoms with Crippen LogP contribution in [0.4, 0.5) is 0 Å². The molecule has 0 aromatic heterocycles. The topological polar surface area (TPSA) is 41.8 Å². The molecule has 0 atom stereocenters. The first-order valence-electron chi connectivity index (χ1n) is 6.35. The summed E-state index contributed by atoms with van der Waals surface area (Å²) < 4.78 is 2.07. The average Bonchev–Trinajstić information content (AvgIpc) is 2.34. The van der Waals surface area contributed by atoms with Crippen LogP contribution in [0.3, 0.4) is 0 Å². The molecule has 1 radical (unpaired) electrons. The van der Waals surface area contributed by atoms with Gasteiger partial charge in [-0.05, 0) is 0 Å². The third kappa shape index (κ3) is 4.52. The number of carbonyl (C=O) groups excluding carboxylic acids is 1. The van der Waals surface area contributed by atoms with Gasteiger partial charge in [0.1, 0.15) is 0 Å². The SMILES string of the molecule is CN(C)C(NCCN1CCN([C]=O)CC1)=[N+](C)C. The summed E-state index contributed by atoms with van der Waals surface area (Å²) in [5, 5.41) is 3.43. The Morgan fingerprint density at radius 3 is 2.33 bits per heavy atom. The second-order valence-corrected chi connectivity index (χ2v) is 4.96. The maximum absolute atomic E-state index is 10.5. The smallest absolute Gasteiger partial charge is 0.332 e. The summed E-state index contributed by atoms with van der Waals surface area (Å²) in [4.78, 5) is 16.6. The fraction of sp³-hybridized carbons (Fsp3) is 0.833. The fourth-order valence-corrected chi connectivity index (χ4v) is 2.10. The summed E-state index contributed by atoms with van der Waals surface area (Å²) in [6.45, 7) is 5.38. The van der Waals surface area contributed by atoms with Crippen molar-refractivity contribution < 1.29 is 9.37 Å². The molecule has 1 fully saturated rings. The van der Waals surface area contributed by atoms with E-state index < -0.39 is 0 Å². The number of hydrogen-bond acceptors (Lipinski definition) is 2. The van der Waals surface area contributed by atoms with Crippen LogP contribution < -0.4 is 5.32 Å². The summed E-state index contributed by atoms with van der Waals surface area (Å²) in [5.41, 5.74) is 0. The molecule has 0 aliphatic carbocycles. The first kappa shape index (κ1) is 14.8. The number of rotatable bonds is 4. The molecule has 0 aromatic rings. The summed E-state index contributed by atoms with van der Waals surface area (Å²) in [5.74, 6) is 1.11. The quantitative estimate of drug-likeness (QED) is 0.375. The Kier molecular flexibility index (Phi) is 5.91. The van der Waals surface area contributed by atoms with Gasteiger partial charge in [0.15, 0.2) is 0 Å². The van der Waals surface area contributed by atoms with Crippen molar-refractivity contribution in [2.75, 3.05) is 67.5 Å². The minimum absolute atomic E-state index is 0.793. The highest BCUT2D eigenvalue weighted by Crippen LogP contribution is 1.97. The van der Waals surface area contributed by atoms with Gasteiger partial charge in [-0.3, -0.25) is 24.5 Å². The van der Waals surface area contributed by atoms with Gasteiger partial charge in [0, 0.05) is 32.7 Å². The highest BCUT2D eigenvalue weighted by Gasteiger charge is 2.17. The van der Waals surface area contributed by atoms with Crippen LogP contribution in [-0.4, -0.2) is 99.1 Å². The molecule has 1 amide bonds. The number of hydrogen-bond donors (Lipinski definition) is 1. The van der Waals surface area contributed by atoms with E-state index in [0.29, 0.717) is 0 Å². The second-order valence-electron chi connectivity index (χ2n) is 4.96. The Hall–Kier alpha value is -1.30. The van der Waals surface area contributed by atoms with E-state index in [0.717, 1.165) is 45.2 Å².